The van der Waals surface area contributed by atoms with Crippen LogP contribution in [0, 0.1) is 0 Å². The van der Waals surface area contributed by atoms with Crippen LogP contribution in [0.25, 0.3) is 0 Å². The first-order valence-electron chi connectivity index (χ1n) is 6.37. The van der Waals surface area contributed by atoms with Gasteiger partial charge < -0.3 is 10.5 Å². The van der Waals surface area contributed by atoms with E-state index in [9.17, 15) is 0 Å². The van der Waals surface area contributed by atoms with Crippen LogP contribution in [-0.2, 0) is 7.05 Å². The average Bonchev–Trinajstić information content (AvgIpc) is 2.85. The number of ether oxygens (including phenoxy) is 1. The maximum Gasteiger partial charge on any atom is 0.142 e. The summed E-state index contributed by atoms with van der Waals surface area (Å²) in [5.74, 6) is 0.525. The van der Waals surface area contributed by atoms with Crippen LogP contribution in [0.1, 0.15) is 25.0 Å². The summed E-state index contributed by atoms with van der Waals surface area (Å²) in [6, 6.07) is 4.96. The maximum absolute atomic E-state index is 6.16. The number of aryl methyl sites for hydroxylation is 1. The van der Waals surface area contributed by atoms with E-state index in [-0.39, 0.29) is 12.1 Å². The zero-order chi connectivity index (χ0) is 14.7. The molecule has 0 bridgehead atoms. The highest BCUT2D eigenvalue weighted by atomic mass is 35.5. The van der Waals surface area contributed by atoms with Gasteiger partial charge in [-0.3, -0.25) is 4.68 Å². The number of benzene rings is 1. The molecule has 4 nitrogen and oxygen atoms in total. The van der Waals surface area contributed by atoms with E-state index >= 15 is 0 Å². The molecular formula is C14H17Cl2N3O. The molecular weight excluding hydrogens is 297 g/mol. The monoisotopic (exact) mass is 313 g/mol. The van der Waals surface area contributed by atoms with E-state index in [1.54, 1.807) is 29.1 Å². The summed E-state index contributed by atoms with van der Waals surface area (Å²) in [5, 5.41) is 5.23. The van der Waals surface area contributed by atoms with Crippen molar-refractivity contribution >= 4 is 23.2 Å². The number of halogens is 2. The quantitative estimate of drug-likeness (QED) is 0.917. The topological polar surface area (TPSA) is 53.1 Å². The molecule has 0 saturated carbocycles. The standard InChI is InChI=1S/C14H17Cl2N3O/c1-3-12(17)14(9-7-18-19(2)8-9)20-13-6-10(15)4-5-11(13)16/h4-8,12,14H,3,17H2,1-2H3. The van der Waals surface area contributed by atoms with Gasteiger partial charge in [-0.05, 0) is 18.6 Å². The molecule has 6 heteroatoms. The molecule has 2 atom stereocenters. The summed E-state index contributed by atoms with van der Waals surface area (Å²) in [4.78, 5) is 0. The van der Waals surface area contributed by atoms with Gasteiger partial charge in [-0.25, -0.2) is 0 Å². The highest BCUT2D eigenvalue weighted by molar-refractivity contribution is 6.34. The second-order valence-electron chi connectivity index (χ2n) is 4.63. The maximum atomic E-state index is 6.16. The Labute approximate surface area is 128 Å². The normalized spacial score (nSPS) is 14.1. The van der Waals surface area contributed by atoms with E-state index in [4.69, 9.17) is 33.7 Å². The van der Waals surface area contributed by atoms with Crippen molar-refractivity contribution < 1.29 is 4.74 Å². The van der Waals surface area contributed by atoms with Crippen molar-refractivity contribution in [3.63, 3.8) is 0 Å². The van der Waals surface area contributed by atoms with Gasteiger partial charge in [-0.1, -0.05) is 30.1 Å². The third-order valence-electron chi connectivity index (χ3n) is 3.06. The molecule has 0 amide bonds. The molecule has 2 rings (SSSR count). The van der Waals surface area contributed by atoms with Crippen LogP contribution >= 0.6 is 23.2 Å². The largest absolute Gasteiger partial charge is 0.482 e. The van der Waals surface area contributed by atoms with Gasteiger partial charge in [0, 0.05) is 35.9 Å². The van der Waals surface area contributed by atoms with Gasteiger partial charge in [0.15, 0.2) is 0 Å². The van der Waals surface area contributed by atoms with E-state index in [1.165, 1.54) is 0 Å². The SMILES string of the molecule is CCC(N)C(Oc1cc(Cl)ccc1Cl)c1cnn(C)c1. The molecule has 0 aliphatic rings. The van der Waals surface area contributed by atoms with Crippen molar-refractivity contribution in [2.24, 2.45) is 12.8 Å². The number of rotatable bonds is 5. The molecule has 108 valence electrons. The molecule has 1 aromatic heterocycles. The van der Waals surface area contributed by atoms with E-state index in [0.29, 0.717) is 15.8 Å². The van der Waals surface area contributed by atoms with Crippen LogP contribution in [0.2, 0.25) is 10.0 Å². The van der Waals surface area contributed by atoms with E-state index in [1.807, 2.05) is 20.2 Å². The molecule has 1 heterocycles. The second-order valence-corrected chi connectivity index (χ2v) is 5.48. The highest BCUT2D eigenvalue weighted by Gasteiger charge is 2.23. The molecule has 0 spiro atoms. The Kier molecular flexibility index (Phi) is 4.91. The zero-order valence-electron chi connectivity index (χ0n) is 11.4. The van der Waals surface area contributed by atoms with Gasteiger partial charge in [0.25, 0.3) is 0 Å². The summed E-state index contributed by atoms with van der Waals surface area (Å²) in [5.41, 5.74) is 7.07. The van der Waals surface area contributed by atoms with Crippen LogP contribution < -0.4 is 10.5 Å². The molecule has 0 saturated heterocycles. The summed E-state index contributed by atoms with van der Waals surface area (Å²) in [6.45, 7) is 2.01. The molecule has 20 heavy (non-hydrogen) atoms. The summed E-state index contributed by atoms with van der Waals surface area (Å²) in [6.07, 6.45) is 4.10. The predicted octanol–water partition coefficient (Wildman–Crippen LogP) is 3.58. The third kappa shape index (κ3) is 3.45. The summed E-state index contributed by atoms with van der Waals surface area (Å²) in [7, 11) is 1.85. The fourth-order valence-corrected chi connectivity index (χ4v) is 2.23. The molecule has 0 aliphatic heterocycles. The van der Waals surface area contributed by atoms with Crippen molar-refractivity contribution in [1.82, 2.24) is 9.78 Å². The number of aromatic nitrogens is 2. The lowest BCUT2D eigenvalue weighted by molar-refractivity contribution is 0.171. The Hall–Kier alpha value is -1.23. The van der Waals surface area contributed by atoms with Gasteiger partial charge in [0.1, 0.15) is 11.9 Å². The Morgan fingerprint density at radius 3 is 2.75 bits per heavy atom. The molecule has 0 radical (unpaired) electrons. The van der Waals surface area contributed by atoms with Crippen LogP contribution in [0.15, 0.2) is 30.6 Å². The lowest BCUT2D eigenvalue weighted by Gasteiger charge is -2.24. The molecule has 1 aromatic carbocycles. The number of hydrogen-bond acceptors (Lipinski definition) is 3. The van der Waals surface area contributed by atoms with Gasteiger partial charge in [0.2, 0.25) is 0 Å². The minimum atomic E-state index is -0.315. The molecule has 2 aromatic rings. The van der Waals surface area contributed by atoms with Crippen LogP contribution in [0.3, 0.4) is 0 Å². The van der Waals surface area contributed by atoms with E-state index in [0.717, 1.165) is 12.0 Å². The summed E-state index contributed by atoms with van der Waals surface area (Å²) >= 11 is 12.1. The Bertz CT molecular complexity index is 586. The molecule has 2 unspecified atom stereocenters. The smallest absolute Gasteiger partial charge is 0.142 e. The average molecular weight is 314 g/mol. The molecule has 0 aliphatic carbocycles. The van der Waals surface area contributed by atoms with E-state index < -0.39 is 0 Å². The second kappa shape index (κ2) is 6.48. The zero-order valence-corrected chi connectivity index (χ0v) is 12.9. The van der Waals surface area contributed by atoms with Crippen LogP contribution in [0.5, 0.6) is 5.75 Å². The van der Waals surface area contributed by atoms with Crippen molar-refractivity contribution in [1.29, 1.82) is 0 Å². The fraction of sp³-hybridized carbons (Fsp3) is 0.357. The lowest BCUT2D eigenvalue weighted by Crippen LogP contribution is -2.31. The number of hydrogen-bond donors (Lipinski definition) is 1. The Morgan fingerprint density at radius 2 is 2.15 bits per heavy atom. The first-order valence-corrected chi connectivity index (χ1v) is 7.12. The van der Waals surface area contributed by atoms with Gasteiger partial charge >= 0.3 is 0 Å². The van der Waals surface area contributed by atoms with Crippen molar-refractivity contribution in [2.45, 2.75) is 25.5 Å². The molecule has 2 N–H and O–H groups in total. The highest BCUT2D eigenvalue weighted by Crippen LogP contribution is 2.33. The van der Waals surface area contributed by atoms with Gasteiger partial charge in [0.05, 0.1) is 11.2 Å². The van der Waals surface area contributed by atoms with Crippen LogP contribution in [-0.4, -0.2) is 15.8 Å². The minimum absolute atomic E-state index is 0.158. The fourth-order valence-electron chi connectivity index (χ4n) is 1.91. The van der Waals surface area contributed by atoms with Crippen molar-refractivity contribution in [3.05, 3.63) is 46.2 Å². The Morgan fingerprint density at radius 1 is 1.40 bits per heavy atom. The predicted molar refractivity (Wildman–Crippen MR) is 81.3 cm³/mol. The van der Waals surface area contributed by atoms with Gasteiger partial charge in [-0.2, -0.15) is 5.10 Å². The molecule has 0 fully saturated rings. The van der Waals surface area contributed by atoms with Crippen LogP contribution in [0.4, 0.5) is 0 Å². The van der Waals surface area contributed by atoms with Gasteiger partial charge in [-0.15, -0.1) is 0 Å². The Balaban J connectivity index is 2.30. The van der Waals surface area contributed by atoms with Crippen molar-refractivity contribution in [3.8, 4) is 5.75 Å². The minimum Gasteiger partial charge on any atom is -0.482 e. The van der Waals surface area contributed by atoms with E-state index in [2.05, 4.69) is 5.10 Å². The lowest BCUT2D eigenvalue weighted by atomic mass is 10.0. The number of nitrogens with two attached hydrogens (primary N) is 1. The first kappa shape index (κ1) is 15.2. The third-order valence-corrected chi connectivity index (χ3v) is 3.61. The van der Waals surface area contributed by atoms with Crippen molar-refractivity contribution in [2.75, 3.05) is 0 Å². The number of nitrogens with zero attached hydrogens (tertiary/aromatic N) is 2. The first-order chi connectivity index (χ1) is 9.51. The summed E-state index contributed by atoms with van der Waals surface area (Å²) < 4.78 is 7.70.